The van der Waals surface area contributed by atoms with Crippen LogP contribution in [0.1, 0.15) is 44.6 Å². The van der Waals surface area contributed by atoms with Crippen molar-refractivity contribution in [2.75, 3.05) is 11.9 Å². The van der Waals surface area contributed by atoms with Crippen molar-refractivity contribution in [1.29, 1.82) is 0 Å². The molecule has 2 N–H and O–H groups in total. The minimum atomic E-state index is 0.0553. The molecule has 0 bridgehead atoms. The lowest BCUT2D eigenvalue weighted by molar-refractivity contribution is -0.115. The molecular formula is C17H26N2O. The van der Waals surface area contributed by atoms with E-state index in [9.17, 15) is 4.79 Å². The van der Waals surface area contributed by atoms with Crippen molar-refractivity contribution in [2.45, 2.75) is 52.0 Å². The number of anilines is 1. The van der Waals surface area contributed by atoms with Gasteiger partial charge in [-0.25, -0.2) is 0 Å². The fourth-order valence-corrected chi connectivity index (χ4v) is 3.10. The first-order valence-corrected chi connectivity index (χ1v) is 7.79. The van der Waals surface area contributed by atoms with E-state index >= 15 is 0 Å². The summed E-state index contributed by atoms with van der Waals surface area (Å²) >= 11 is 0. The minimum Gasteiger partial charge on any atom is -0.325 e. The standard InChI is InChI=1S/C17H26N2O/c1-3-14-9-5-7-11-16(14)18-12-17(20)19-15-10-6-4-8-13(15)2/h4,6,8,10,14,16,18H,3,5,7,9,11-12H2,1-2H3,(H,19,20). The summed E-state index contributed by atoms with van der Waals surface area (Å²) in [6, 6.07) is 8.40. The molecule has 1 aliphatic carbocycles. The Morgan fingerprint density at radius 1 is 1.25 bits per heavy atom. The van der Waals surface area contributed by atoms with Crippen molar-refractivity contribution in [3.63, 3.8) is 0 Å². The molecule has 110 valence electrons. The van der Waals surface area contributed by atoms with Crippen molar-refractivity contribution < 1.29 is 4.79 Å². The maximum Gasteiger partial charge on any atom is 0.238 e. The molecule has 1 aliphatic rings. The highest BCUT2D eigenvalue weighted by Gasteiger charge is 2.23. The Morgan fingerprint density at radius 2 is 2.00 bits per heavy atom. The van der Waals surface area contributed by atoms with Gasteiger partial charge in [0.05, 0.1) is 6.54 Å². The van der Waals surface area contributed by atoms with E-state index in [1.54, 1.807) is 0 Å². The van der Waals surface area contributed by atoms with Gasteiger partial charge in [-0.2, -0.15) is 0 Å². The molecule has 0 spiro atoms. The first-order valence-electron chi connectivity index (χ1n) is 7.79. The van der Waals surface area contributed by atoms with Crippen LogP contribution in [0.15, 0.2) is 24.3 Å². The minimum absolute atomic E-state index is 0.0553. The second kappa shape index (κ2) is 7.44. The molecule has 0 saturated heterocycles. The summed E-state index contributed by atoms with van der Waals surface area (Å²) in [6.07, 6.45) is 6.33. The zero-order valence-corrected chi connectivity index (χ0v) is 12.6. The number of para-hydroxylation sites is 1. The van der Waals surface area contributed by atoms with Gasteiger partial charge in [0, 0.05) is 11.7 Å². The average molecular weight is 274 g/mol. The summed E-state index contributed by atoms with van der Waals surface area (Å²) in [5, 5.41) is 6.43. The van der Waals surface area contributed by atoms with Gasteiger partial charge < -0.3 is 10.6 Å². The summed E-state index contributed by atoms with van der Waals surface area (Å²) < 4.78 is 0. The quantitative estimate of drug-likeness (QED) is 0.863. The molecule has 0 heterocycles. The van der Waals surface area contributed by atoms with E-state index in [0.717, 1.165) is 17.2 Å². The van der Waals surface area contributed by atoms with E-state index in [4.69, 9.17) is 0 Å². The molecule has 0 aliphatic heterocycles. The van der Waals surface area contributed by atoms with Gasteiger partial charge in [0.25, 0.3) is 0 Å². The first kappa shape index (κ1) is 15.0. The van der Waals surface area contributed by atoms with Crippen LogP contribution in [0, 0.1) is 12.8 Å². The van der Waals surface area contributed by atoms with Crippen LogP contribution in [0.25, 0.3) is 0 Å². The van der Waals surface area contributed by atoms with Crippen molar-refractivity contribution in [2.24, 2.45) is 5.92 Å². The molecule has 3 heteroatoms. The van der Waals surface area contributed by atoms with Gasteiger partial charge in [-0.3, -0.25) is 4.79 Å². The summed E-state index contributed by atoms with van der Waals surface area (Å²) in [5.74, 6) is 0.787. The van der Waals surface area contributed by atoms with Crippen LogP contribution in [-0.2, 0) is 4.79 Å². The van der Waals surface area contributed by atoms with Crippen LogP contribution in [-0.4, -0.2) is 18.5 Å². The van der Waals surface area contributed by atoms with Gasteiger partial charge in [-0.05, 0) is 37.3 Å². The van der Waals surface area contributed by atoms with Crippen molar-refractivity contribution in [3.05, 3.63) is 29.8 Å². The zero-order chi connectivity index (χ0) is 14.4. The van der Waals surface area contributed by atoms with E-state index in [0.29, 0.717) is 12.6 Å². The van der Waals surface area contributed by atoms with E-state index in [2.05, 4.69) is 17.6 Å². The predicted molar refractivity (Wildman–Crippen MR) is 83.8 cm³/mol. The van der Waals surface area contributed by atoms with Gasteiger partial charge in [-0.1, -0.05) is 44.4 Å². The van der Waals surface area contributed by atoms with Crippen LogP contribution in [0.2, 0.25) is 0 Å². The third kappa shape index (κ3) is 4.07. The van der Waals surface area contributed by atoms with Crippen molar-refractivity contribution in [1.82, 2.24) is 5.32 Å². The van der Waals surface area contributed by atoms with E-state index in [1.807, 2.05) is 31.2 Å². The van der Waals surface area contributed by atoms with Gasteiger partial charge >= 0.3 is 0 Å². The largest absolute Gasteiger partial charge is 0.325 e. The fourth-order valence-electron chi connectivity index (χ4n) is 3.10. The summed E-state index contributed by atoms with van der Waals surface area (Å²) in [5.41, 5.74) is 2.01. The lowest BCUT2D eigenvalue weighted by atomic mass is 9.83. The zero-order valence-electron chi connectivity index (χ0n) is 12.6. The van der Waals surface area contributed by atoms with Gasteiger partial charge in [0.2, 0.25) is 5.91 Å². The lowest BCUT2D eigenvalue weighted by Gasteiger charge is -2.31. The number of nitrogens with one attached hydrogen (secondary N) is 2. The number of benzene rings is 1. The van der Waals surface area contributed by atoms with E-state index < -0.39 is 0 Å². The lowest BCUT2D eigenvalue weighted by Crippen LogP contribution is -2.42. The highest BCUT2D eigenvalue weighted by atomic mass is 16.1. The monoisotopic (exact) mass is 274 g/mol. The maximum atomic E-state index is 12.0. The average Bonchev–Trinajstić information content (AvgIpc) is 2.48. The molecule has 1 saturated carbocycles. The number of carbonyl (C=O) groups excluding carboxylic acids is 1. The molecule has 2 rings (SSSR count). The Kier molecular flexibility index (Phi) is 5.60. The molecule has 1 aromatic carbocycles. The molecule has 1 fully saturated rings. The van der Waals surface area contributed by atoms with Crippen LogP contribution in [0.4, 0.5) is 5.69 Å². The molecule has 1 aromatic rings. The van der Waals surface area contributed by atoms with E-state index in [-0.39, 0.29) is 5.91 Å². The first-order chi connectivity index (χ1) is 9.70. The molecule has 1 amide bonds. The number of amides is 1. The smallest absolute Gasteiger partial charge is 0.238 e. The van der Waals surface area contributed by atoms with E-state index in [1.165, 1.54) is 32.1 Å². The fraction of sp³-hybridized carbons (Fsp3) is 0.588. The molecule has 20 heavy (non-hydrogen) atoms. The maximum absolute atomic E-state index is 12.0. The van der Waals surface area contributed by atoms with Crippen molar-refractivity contribution >= 4 is 11.6 Å². The van der Waals surface area contributed by atoms with Crippen molar-refractivity contribution in [3.8, 4) is 0 Å². The van der Waals surface area contributed by atoms with Crippen LogP contribution in [0.3, 0.4) is 0 Å². The Hall–Kier alpha value is -1.35. The Labute approximate surface area is 122 Å². The number of carbonyl (C=O) groups is 1. The number of hydrogen-bond donors (Lipinski definition) is 2. The molecular weight excluding hydrogens is 248 g/mol. The third-order valence-corrected chi connectivity index (χ3v) is 4.38. The van der Waals surface area contributed by atoms with Crippen LogP contribution >= 0.6 is 0 Å². The molecule has 2 atom stereocenters. The SMILES string of the molecule is CCC1CCCCC1NCC(=O)Nc1ccccc1C. The molecule has 2 unspecified atom stereocenters. The van der Waals surface area contributed by atoms with Gasteiger partial charge in [0.1, 0.15) is 0 Å². The number of rotatable bonds is 5. The number of aryl methyl sites for hydroxylation is 1. The van der Waals surface area contributed by atoms with Gasteiger partial charge in [-0.15, -0.1) is 0 Å². The second-order valence-electron chi connectivity index (χ2n) is 5.80. The highest BCUT2D eigenvalue weighted by molar-refractivity contribution is 5.92. The Balaban J connectivity index is 1.81. The Bertz CT molecular complexity index is 444. The Morgan fingerprint density at radius 3 is 2.75 bits per heavy atom. The van der Waals surface area contributed by atoms with Gasteiger partial charge in [0.15, 0.2) is 0 Å². The number of hydrogen-bond acceptors (Lipinski definition) is 2. The van der Waals surface area contributed by atoms with Crippen LogP contribution in [0.5, 0.6) is 0 Å². The molecule has 3 nitrogen and oxygen atoms in total. The second-order valence-corrected chi connectivity index (χ2v) is 5.80. The highest BCUT2D eigenvalue weighted by Crippen LogP contribution is 2.26. The summed E-state index contributed by atoms with van der Waals surface area (Å²) in [7, 11) is 0. The third-order valence-electron chi connectivity index (χ3n) is 4.38. The summed E-state index contributed by atoms with van der Waals surface area (Å²) in [6.45, 7) is 4.67. The molecule has 0 radical (unpaired) electrons. The molecule has 0 aromatic heterocycles. The van der Waals surface area contributed by atoms with Crippen LogP contribution < -0.4 is 10.6 Å². The predicted octanol–water partition coefficient (Wildman–Crippen LogP) is 3.49. The topological polar surface area (TPSA) is 41.1 Å². The normalized spacial score (nSPS) is 22.5. The summed E-state index contributed by atoms with van der Waals surface area (Å²) in [4.78, 5) is 12.0.